The van der Waals surface area contributed by atoms with Gasteiger partial charge >= 0.3 is 0 Å². The Balaban J connectivity index is 1.97. The van der Waals surface area contributed by atoms with Gasteiger partial charge in [-0.25, -0.2) is 4.98 Å². The minimum atomic E-state index is 0.706. The number of hydrogen-bond donors (Lipinski definition) is 0. The van der Waals surface area contributed by atoms with Gasteiger partial charge in [-0.3, -0.25) is 4.99 Å². The molecular weight excluding hydrogens is 302 g/mol. The van der Waals surface area contributed by atoms with Crippen molar-refractivity contribution in [3.8, 4) is 17.2 Å². The average molecular weight is 323 g/mol. The lowest BCUT2D eigenvalue weighted by Gasteiger charge is -2.30. The average Bonchev–Trinajstić information content (AvgIpc) is 2.59. The molecule has 24 heavy (non-hydrogen) atoms. The van der Waals surface area contributed by atoms with E-state index in [0.717, 1.165) is 64.5 Å². The lowest BCUT2D eigenvalue weighted by molar-refractivity contribution is 0.308. The molecule has 124 valence electrons. The number of aromatic nitrogens is 1. The van der Waals surface area contributed by atoms with Crippen molar-refractivity contribution in [1.29, 1.82) is 0 Å². The molecule has 0 spiro atoms. The fourth-order valence-corrected chi connectivity index (χ4v) is 3.21. The van der Waals surface area contributed by atoms with E-state index in [4.69, 9.17) is 14.1 Å². The first-order valence-corrected chi connectivity index (χ1v) is 8.47. The van der Waals surface area contributed by atoms with Crippen LogP contribution in [-0.4, -0.2) is 31.2 Å². The highest BCUT2D eigenvalue weighted by Gasteiger charge is 2.20. The maximum absolute atomic E-state index is 6.14. The second-order valence-corrected chi connectivity index (χ2v) is 6.01. The predicted molar refractivity (Wildman–Crippen MR) is 94.9 cm³/mol. The molecule has 5 nitrogen and oxygen atoms in total. The van der Waals surface area contributed by atoms with Gasteiger partial charge in [0.15, 0.2) is 11.3 Å². The molecule has 0 saturated heterocycles. The topological polar surface area (TPSA) is 50.9 Å². The molecule has 1 aliphatic carbocycles. The van der Waals surface area contributed by atoms with E-state index in [1.807, 2.05) is 31.2 Å². The van der Waals surface area contributed by atoms with E-state index < -0.39 is 0 Å². The third-order valence-electron chi connectivity index (χ3n) is 4.45. The zero-order valence-electron chi connectivity index (χ0n) is 14.3. The van der Waals surface area contributed by atoms with Gasteiger partial charge in [-0.2, -0.15) is 0 Å². The Morgan fingerprint density at radius 1 is 1.21 bits per heavy atom. The molecule has 0 amide bonds. The molecule has 0 saturated carbocycles. The van der Waals surface area contributed by atoms with Gasteiger partial charge in [-0.1, -0.05) is 0 Å². The van der Waals surface area contributed by atoms with Gasteiger partial charge in [0.05, 0.1) is 17.6 Å². The van der Waals surface area contributed by atoms with Gasteiger partial charge in [-0.05, 0) is 32.4 Å². The van der Waals surface area contributed by atoms with Crippen LogP contribution in [0.15, 0.2) is 33.7 Å². The molecule has 0 bridgehead atoms. The van der Waals surface area contributed by atoms with Gasteiger partial charge in [0.1, 0.15) is 23.6 Å². The van der Waals surface area contributed by atoms with Gasteiger partial charge in [0.25, 0.3) is 0 Å². The van der Waals surface area contributed by atoms with Gasteiger partial charge in [0, 0.05) is 31.3 Å². The number of hydrogen-bond acceptors (Lipinski definition) is 5. The molecule has 1 aromatic rings. The van der Waals surface area contributed by atoms with Crippen molar-refractivity contribution in [1.82, 2.24) is 4.98 Å². The third-order valence-corrected chi connectivity index (χ3v) is 4.45. The summed E-state index contributed by atoms with van der Waals surface area (Å²) >= 11 is 0. The van der Waals surface area contributed by atoms with Crippen molar-refractivity contribution < 1.29 is 9.15 Å². The number of ether oxygens (including phenoxy) is 1. The number of anilines is 1. The minimum absolute atomic E-state index is 0.706. The van der Waals surface area contributed by atoms with Crippen molar-refractivity contribution >= 4 is 16.8 Å². The van der Waals surface area contributed by atoms with E-state index in [-0.39, 0.29) is 0 Å². The molecule has 0 aromatic heterocycles. The Kier molecular flexibility index (Phi) is 3.63. The van der Waals surface area contributed by atoms with E-state index in [1.54, 1.807) is 0 Å². The standard InChI is InChI=1S/C19H21N3O2/c1-4-20-13-9-17-14(8-12(13)3)21-15-10-19-16(11-18(15)24-17)22(5-2)6-7-23-19/h8-11H,4-7H2,1-3H3/b20-13-. The number of likely N-dealkylation sites (N-methyl/N-ethyl adjacent to an activating group) is 1. The van der Waals surface area contributed by atoms with Crippen molar-refractivity contribution in [3.63, 3.8) is 0 Å². The molecule has 0 N–H and O–H groups in total. The summed E-state index contributed by atoms with van der Waals surface area (Å²) in [6.45, 7) is 9.54. The molecule has 0 unspecified atom stereocenters. The number of rotatable bonds is 2. The highest BCUT2D eigenvalue weighted by molar-refractivity contribution is 5.84. The van der Waals surface area contributed by atoms with Crippen molar-refractivity contribution in [2.45, 2.75) is 20.8 Å². The highest BCUT2D eigenvalue weighted by atomic mass is 16.5. The van der Waals surface area contributed by atoms with Gasteiger partial charge in [-0.15, -0.1) is 0 Å². The maximum atomic E-state index is 6.14. The van der Waals surface area contributed by atoms with Crippen molar-refractivity contribution in [2.75, 3.05) is 31.1 Å². The summed E-state index contributed by atoms with van der Waals surface area (Å²) in [6.07, 6.45) is 0. The number of aryl methyl sites for hydroxylation is 1. The van der Waals surface area contributed by atoms with Crippen LogP contribution in [0.1, 0.15) is 19.4 Å². The molecule has 0 atom stereocenters. The maximum Gasteiger partial charge on any atom is 0.155 e. The van der Waals surface area contributed by atoms with E-state index in [0.29, 0.717) is 6.61 Å². The summed E-state index contributed by atoms with van der Waals surface area (Å²) in [4.78, 5) is 11.6. The Morgan fingerprint density at radius 2 is 2.08 bits per heavy atom. The molecule has 4 rings (SSSR count). The van der Waals surface area contributed by atoms with Crippen molar-refractivity contribution in [2.24, 2.45) is 4.99 Å². The normalized spacial score (nSPS) is 15.0. The van der Waals surface area contributed by atoms with Crippen LogP contribution in [-0.2, 0) is 0 Å². The van der Waals surface area contributed by atoms with Crippen LogP contribution in [0.25, 0.3) is 22.6 Å². The van der Waals surface area contributed by atoms with E-state index in [9.17, 15) is 0 Å². The Morgan fingerprint density at radius 3 is 2.88 bits per heavy atom. The summed E-state index contributed by atoms with van der Waals surface area (Å²) in [6, 6.07) is 8.03. The van der Waals surface area contributed by atoms with E-state index >= 15 is 0 Å². The van der Waals surface area contributed by atoms with E-state index in [1.165, 1.54) is 0 Å². The number of benzene rings is 2. The molecule has 5 heteroatoms. The van der Waals surface area contributed by atoms with Crippen LogP contribution in [0.3, 0.4) is 0 Å². The second-order valence-electron chi connectivity index (χ2n) is 6.01. The summed E-state index contributed by atoms with van der Waals surface area (Å²) in [7, 11) is 0. The SMILES string of the molecule is CC/N=c1/cc2oc3cc4c(cc3nc-2cc1C)OCCN4CC. The Hall–Kier alpha value is -2.56. The van der Waals surface area contributed by atoms with Gasteiger partial charge in [0.2, 0.25) is 0 Å². The largest absolute Gasteiger partial charge is 0.489 e. The zero-order chi connectivity index (χ0) is 16.7. The van der Waals surface area contributed by atoms with Crippen LogP contribution in [0.4, 0.5) is 5.69 Å². The van der Waals surface area contributed by atoms with Gasteiger partial charge < -0.3 is 14.1 Å². The number of fused-ring (bicyclic) bond motifs is 3. The summed E-state index contributed by atoms with van der Waals surface area (Å²) < 4.78 is 12.0. The Bertz CT molecular complexity index is 945. The second kappa shape index (κ2) is 5.82. The van der Waals surface area contributed by atoms with E-state index in [2.05, 4.69) is 23.7 Å². The first-order chi connectivity index (χ1) is 11.7. The third kappa shape index (κ3) is 2.40. The van der Waals surface area contributed by atoms with Crippen LogP contribution in [0.2, 0.25) is 0 Å². The fraction of sp³-hybridized carbons (Fsp3) is 0.368. The van der Waals surface area contributed by atoms with Crippen LogP contribution in [0, 0.1) is 6.92 Å². The summed E-state index contributed by atoms with van der Waals surface area (Å²) in [5, 5.41) is 0.964. The molecule has 1 aromatic carbocycles. The quantitative estimate of drug-likeness (QED) is 0.678. The predicted octanol–water partition coefficient (Wildman–Crippen LogP) is 3.38. The molecule has 3 aliphatic rings. The number of nitrogens with zero attached hydrogens (tertiary/aromatic N) is 3. The van der Waals surface area contributed by atoms with Crippen LogP contribution < -0.4 is 15.0 Å². The Labute approximate surface area is 140 Å². The molecule has 2 heterocycles. The minimum Gasteiger partial charge on any atom is -0.489 e. The smallest absolute Gasteiger partial charge is 0.155 e. The molecule has 0 radical (unpaired) electrons. The molecule has 2 aliphatic heterocycles. The molecule has 0 fully saturated rings. The lowest BCUT2D eigenvalue weighted by atomic mass is 10.1. The highest BCUT2D eigenvalue weighted by Crippen LogP contribution is 2.36. The summed E-state index contributed by atoms with van der Waals surface area (Å²) in [5.74, 6) is 1.65. The summed E-state index contributed by atoms with van der Waals surface area (Å²) in [5.41, 5.74) is 4.62. The van der Waals surface area contributed by atoms with Crippen LogP contribution in [0.5, 0.6) is 5.75 Å². The first-order valence-electron chi connectivity index (χ1n) is 8.47. The first kappa shape index (κ1) is 15.0. The fourth-order valence-electron chi connectivity index (χ4n) is 3.21. The monoisotopic (exact) mass is 323 g/mol. The molecular formula is C19H21N3O2. The lowest BCUT2D eigenvalue weighted by Crippen LogP contribution is -2.32. The zero-order valence-corrected chi connectivity index (χ0v) is 14.3. The van der Waals surface area contributed by atoms with Crippen LogP contribution >= 0.6 is 0 Å². The van der Waals surface area contributed by atoms with Crippen molar-refractivity contribution in [3.05, 3.63) is 35.2 Å².